The van der Waals surface area contributed by atoms with Crippen LogP contribution in [0.1, 0.15) is 10.7 Å². The number of hydrogen-bond acceptors (Lipinski definition) is 4. The Hall–Kier alpha value is -0.260. The largest absolute Gasteiger partial charge is 0.396 e. The van der Waals surface area contributed by atoms with Crippen LogP contribution >= 0.6 is 18.9 Å². The van der Waals surface area contributed by atoms with Crippen LogP contribution in [0.2, 0.25) is 0 Å². The molecule has 1 aromatic rings. The Bertz CT molecular complexity index is 320. The second-order valence-corrected chi connectivity index (χ2v) is 5.12. The van der Waals surface area contributed by atoms with E-state index in [9.17, 15) is 4.57 Å². The first-order valence-corrected chi connectivity index (χ1v) is 6.28. The first-order chi connectivity index (χ1) is 6.01. The van der Waals surface area contributed by atoms with Gasteiger partial charge in [0.15, 0.2) is 0 Å². The van der Waals surface area contributed by atoms with E-state index >= 15 is 0 Å². The van der Waals surface area contributed by atoms with Crippen LogP contribution in [0.5, 0.6) is 0 Å². The Balaban J connectivity index is 2.64. The molecule has 0 aliphatic heterocycles. The predicted octanol–water partition coefficient (Wildman–Crippen LogP) is 0.356. The van der Waals surface area contributed by atoms with Crippen LogP contribution in [0.3, 0.4) is 0 Å². The van der Waals surface area contributed by atoms with Crippen molar-refractivity contribution in [2.24, 2.45) is 0 Å². The number of nitrogens with zero attached hydrogens (tertiary/aromatic N) is 1. The Morgan fingerprint density at radius 2 is 2.23 bits per heavy atom. The second kappa shape index (κ2) is 4.30. The zero-order valence-corrected chi connectivity index (χ0v) is 8.46. The van der Waals surface area contributed by atoms with Crippen molar-refractivity contribution in [3.8, 4) is 0 Å². The van der Waals surface area contributed by atoms with Gasteiger partial charge in [-0.2, -0.15) is 0 Å². The van der Waals surface area contributed by atoms with Gasteiger partial charge < -0.3 is 14.9 Å². The topological polar surface area (TPSA) is 90.7 Å². The van der Waals surface area contributed by atoms with Crippen LogP contribution in [0.25, 0.3) is 0 Å². The molecule has 0 saturated heterocycles. The van der Waals surface area contributed by atoms with E-state index in [0.29, 0.717) is 17.1 Å². The quantitative estimate of drug-likeness (QED) is 0.641. The van der Waals surface area contributed by atoms with Gasteiger partial charge in [-0.05, 0) is 0 Å². The van der Waals surface area contributed by atoms with Gasteiger partial charge in [0.2, 0.25) is 0 Å². The Kier molecular flexibility index (Phi) is 3.58. The fourth-order valence-corrected chi connectivity index (χ4v) is 2.34. The minimum atomic E-state index is -4.01. The van der Waals surface area contributed by atoms with Crippen molar-refractivity contribution in [2.75, 3.05) is 6.61 Å². The van der Waals surface area contributed by atoms with Crippen molar-refractivity contribution >= 4 is 18.9 Å². The fourth-order valence-electron chi connectivity index (χ4n) is 0.843. The SMILES string of the molecule is O=P(O)(O)Cc1csc(CCO)n1. The van der Waals surface area contributed by atoms with Crippen molar-refractivity contribution < 1.29 is 19.5 Å². The average Bonchev–Trinajstić information content (AvgIpc) is 2.33. The van der Waals surface area contributed by atoms with Gasteiger partial charge in [0.1, 0.15) is 0 Å². The van der Waals surface area contributed by atoms with Crippen molar-refractivity contribution in [3.63, 3.8) is 0 Å². The lowest BCUT2D eigenvalue weighted by molar-refractivity contribution is 0.299. The molecule has 0 atom stereocenters. The van der Waals surface area contributed by atoms with Crippen molar-refractivity contribution in [3.05, 3.63) is 16.1 Å². The molecule has 0 aromatic carbocycles. The fraction of sp³-hybridized carbons (Fsp3) is 0.500. The molecule has 7 heteroatoms. The summed E-state index contributed by atoms with van der Waals surface area (Å²) in [7, 11) is -4.01. The van der Waals surface area contributed by atoms with Gasteiger partial charge in [0.05, 0.1) is 16.9 Å². The molecular weight excluding hydrogens is 213 g/mol. The zero-order chi connectivity index (χ0) is 9.90. The van der Waals surface area contributed by atoms with E-state index in [1.807, 2.05) is 0 Å². The summed E-state index contributed by atoms with van der Waals surface area (Å²) in [5.41, 5.74) is 0.391. The van der Waals surface area contributed by atoms with Crippen LogP contribution in [-0.2, 0) is 17.1 Å². The zero-order valence-electron chi connectivity index (χ0n) is 6.75. The molecule has 0 radical (unpaired) electrons. The number of aliphatic hydroxyl groups is 1. The summed E-state index contributed by atoms with van der Waals surface area (Å²) >= 11 is 1.30. The van der Waals surface area contributed by atoms with Crippen molar-refractivity contribution in [2.45, 2.75) is 12.6 Å². The van der Waals surface area contributed by atoms with Gasteiger partial charge in [0.25, 0.3) is 0 Å². The van der Waals surface area contributed by atoms with E-state index in [2.05, 4.69) is 4.98 Å². The molecule has 13 heavy (non-hydrogen) atoms. The molecule has 74 valence electrons. The van der Waals surface area contributed by atoms with E-state index in [-0.39, 0.29) is 12.8 Å². The first-order valence-electron chi connectivity index (χ1n) is 3.60. The molecule has 0 spiro atoms. The summed E-state index contributed by atoms with van der Waals surface area (Å²) in [5.74, 6) is 0. The van der Waals surface area contributed by atoms with Crippen LogP contribution in [0.4, 0.5) is 0 Å². The summed E-state index contributed by atoms with van der Waals surface area (Å²) in [6, 6.07) is 0. The number of aromatic nitrogens is 1. The molecular formula is C6H10NO4PS. The molecule has 0 unspecified atom stereocenters. The van der Waals surface area contributed by atoms with Crippen molar-refractivity contribution in [1.29, 1.82) is 0 Å². The summed E-state index contributed by atoms with van der Waals surface area (Å²) in [6.45, 7) is 0.00284. The second-order valence-electron chi connectivity index (χ2n) is 2.53. The Morgan fingerprint density at radius 3 is 2.77 bits per heavy atom. The van der Waals surface area contributed by atoms with E-state index in [1.165, 1.54) is 11.3 Å². The van der Waals surface area contributed by atoms with E-state index in [0.717, 1.165) is 0 Å². The molecule has 1 rings (SSSR count). The molecule has 1 heterocycles. The molecule has 0 fully saturated rings. The lowest BCUT2D eigenvalue weighted by Crippen LogP contribution is -1.91. The maximum Gasteiger partial charge on any atom is 0.331 e. The minimum Gasteiger partial charge on any atom is -0.396 e. The summed E-state index contributed by atoms with van der Waals surface area (Å²) in [5, 5.41) is 10.9. The number of aliphatic hydroxyl groups excluding tert-OH is 1. The van der Waals surface area contributed by atoms with Gasteiger partial charge in [0, 0.05) is 18.4 Å². The van der Waals surface area contributed by atoms with E-state index < -0.39 is 7.60 Å². The van der Waals surface area contributed by atoms with Gasteiger partial charge in [-0.15, -0.1) is 11.3 Å². The number of hydrogen-bond donors (Lipinski definition) is 3. The lowest BCUT2D eigenvalue weighted by Gasteiger charge is -1.98. The average molecular weight is 223 g/mol. The number of thiazole rings is 1. The summed E-state index contributed by atoms with van der Waals surface area (Å²) in [6.07, 6.45) is 0.112. The first kappa shape index (κ1) is 10.8. The van der Waals surface area contributed by atoms with Crippen LogP contribution in [0, 0.1) is 0 Å². The highest BCUT2D eigenvalue weighted by Gasteiger charge is 2.16. The normalized spacial score (nSPS) is 11.9. The van der Waals surface area contributed by atoms with Gasteiger partial charge in [-0.1, -0.05) is 0 Å². The molecule has 0 amide bonds. The standard InChI is InChI=1S/C6H10NO4PS/c8-2-1-6-7-5(4-13-6)3-12(9,10)11/h4,8H,1-3H2,(H2,9,10,11). The van der Waals surface area contributed by atoms with E-state index in [4.69, 9.17) is 14.9 Å². The number of rotatable bonds is 4. The van der Waals surface area contributed by atoms with Gasteiger partial charge in [-0.25, -0.2) is 4.98 Å². The maximum absolute atomic E-state index is 10.6. The highest BCUT2D eigenvalue weighted by atomic mass is 32.1. The summed E-state index contributed by atoms with van der Waals surface area (Å²) in [4.78, 5) is 21.2. The third kappa shape index (κ3) is 3.97. The molecule has 0 aliphatic carbocycles. The molecule has 3 N–H and O–H groups in total. The molecule has 0 saturated carbocycles. The lowest BCUT2D eigenvalue weighted by atomic mass is 10.5. The van der Waals surface area contributed by atoms with Crippen LogP contribution < -0.4 is 0 Å². The molecule has 5 nitrogen and oxygen atoms in total. The van der Waals surface area contributed by atoms with Gasteiger partial charge in [-0.3, -0.25) is 4.57 Å². The summed E-state index contributed by atoms with van der Waals surface area (Å²) < 4.78 is 10.6. The van der Waals surface area contributed by atoms with Crippen LogP contribution in [0.15, 0.2) is 5.38 Å². The van der Waals surface area contributed by atoms with E-state index in [1.54, 1.807) is 5.38 Å². The minimum absolute atomic E-state index is 0.00284. The van der Waals surface area contributed by atoms with Gasteiger partial charge >= 0.3 is 7.60 Å². The molecule has 1 aromatic heterocycles. The molecule has 0 bridgehead atoms. The smallest absolute Gasteiger partial charge is 0.331 e. The molecule has 0 aliphatic rings. The Labute approximate surface area is 79.2 Å². The van der Waals surface area contributed by atoms with Crippen LogP contribution in [-0.4, -0.2) is 26.5 Å². The maximum atomic E-state index is 10.6. The third-order valence-corrected chi connectivity index (χ3v) is 2.99. The Morgan fingerprint density at radius 1 is 1.54 bits per heavy atom. The highest BCUT2D eigenvalue weighted by Crippen LogP contribution is 2.39. The monoisotopic (exact) mass is 223 g/mol. The van der Waals surface area contributed by atoms with Crippen molar-refractivity contribution in [1.82, 2.24) is 4.98 Å². The predicted molar refractivity (Wildman–Crippen MR) is 48.7 cm³/mol. The third-order valence-electron chi connectivity index (χ3n) is 1.29. The highest BCUT2D eigenvalue weighted by molar-refractivity contribution is 7.50.